The molecule has 1 amide bonds. The van der Waals surface area contributed by atoms with Crippen LogP contribution >= 0.6 is 11.6 Å². The Kier molecular flexibility index (Phi) is 5.66. The fraction of sp³-hybridized carbons (Fsp3) is 0.500. The van der Waals surface area contributed by atoms with E-state index in [0.29, 0.717) is 13.1 Å². The lowest BCUT2D eigenvalue weighted by Gasteiger charge is -2.26. The number of hydrogen-bond donors (Lipinski definition) is 1. The van der Waals surface area contributed by atoms with Crippen LogP contribution in [0.15, 0.2) is 23.1 Å². The molecule has 1 aromatic rings. The summed E-state index contributed by atoms with van der Waals surface area (Å²) in [5.74, 6) is -0.0102. The van der Waals surface area contributed by atoms with E-state index in [0.717, 1.165) is 19.3 Å². The molecule has 0 saturated carbocycles. The van der Waals surface area contributed by atoms with Gasteiger partial charge in [-0.2, -0.15) is 4.31 Å². The Labute approximate surface area is 135 Å². The van der Waals surface area contributed by atoms with Gasteiger partial charge in [-0.3, -0.25) is 4.79 Å². The molecule has 1 aliphatic rings. The number of carbonyl (C=O) groups is 1. The van der Waals surface area contributed by atoms with E-state index in [1.807, 2.05) is 0 Å². The molecule has 1 heterocycles. The number of benzene rings is 1. The Hall–Kier alpha value is -1.31. The van der Waals surface area contributed by atoms with Crippen LogP contribution in [0.1, 0.15) is 19.3 Å². The normalized spacial score (nSPS) is 16.3. The second kappa shape index (κ2) is 7.30. The molecule has 6 nitrogen and oxygen atoms in total. The summed E-state index contributed by atoms with van der Waals surface area (Å²) in [5.41, 5.74) is 0. The van der Waals surface area contributed by atoms with Gasteiger partial charge in [-0.15, -0.1) is 0 Å². The number of amides is 1. The van der Waals surface area contributed by atoms with Gasteiger partial charge < -0.3 is 10.1 Å². The van der Waals surface area contributed by atoms with Crippen molar-refractivity contribution < 1.29 is 17.9 Å². The van der Waals surface area contributed by atoms with Gasteiger partial charge in [0.2, 0.25) is 10.0 Å². The fourth-order valence-corrected chi connectivity index (χ4v) is 4.07. The summed E-state index contributed by atoms with van der Waals surface area (Å²) < 4.78 is 31.8. The van der Waals surface area contributed by atoms with Crippen LogP contribution in [-0.2, 0) is 14.8 Å². The van der Waals surface area contributed by atoms with E-state index in [9.17, 15) is 13.2 Å². The molecule has 1 aliphatic heterocycles. The first-order valence-electron chi connectivity index (χ1n) is 7.08. The number of nitrogens with one attached hydrogen (secondary N) is 1. The van der Waals surface area contributed by atoms with E-state index in [1.54, 1.807) is 0 Å². The molecule has 1 fully saturated rings. The summed E-state index contributed by atoms with van der Waals surface area (Å²) >= 11 is 6.06. The zero-order valence-electron chi connectivity index (χ0n) is 12.3. The number of carbonyl (C=O) groups excluding carboxylic acids is 1. The number of halogens is 1. The monoisotopic (exact) mass is 346 g/mol. The molecule has 8 heteroatoms. The Morgan fingerprint density at radius 3 is 2.59 bits per heavy atom. The maximum atomic E-state index is 12.5. The van der Waals surface area contributed by atoms with Crippen molar-refractivity contribution in [1.82, 2.24) is 9.62 Å². The van der Waals surface area contributed by atoms with Crippen LogP contribution < -0.4 is 10.1 Å². The van der Waals surface area contributed by atoms with Gasteiger partial charge in [0.1, 0.15) is 5.75 Å². The van der Waals surface area contributed by atoms with Gasteiger partial charge in [0.25, 0.3) is 5.91 Å². The SMILES string of the molecule is CNC(=O)COc1ccc(S(=O)(=O)N2CCCCC2)cc1Cl. The Morgan fingerprint density at radius 1 is 1.32 bits per heavy atom. The standard InChI is InChI=1S/C14H19ClN2O4S/c1-16-14(18)10-21-13-6-5-11(9-12(13)15)22(19,20)17-7-3-2-4-8-17/h5-6,9H,2-4,7-8,10H2,1H3,(H,16,18). The van der Waals surface area contributed by atoms with Crippen molar-refractivity contribution >= 4 is 27.5 Å². The number of sulfonamides is 1. The second-order valence-corrected chi connectivity index (χ2v) is 7.36. The Morgan fingerprint density at radius 2 is 2.00 bits per heavy atom. The summed E-state index contributed by atoms with van der Waals surface area (Å²) in [6.45, 7) is 0.901. The molecule has 0 radical (unpaired) electrons. The van der Waals surface area contributed by atoms with Gasteiger partial charge >= 0.3 is 0 Å². The molecule has 0 atom stereocenters. The Balaban J connectivity index is 2.15. The Bertz CT molecular complexity index is 642. The molecule has 22 heavy (non-hydrogen) atoms. The average Bonchev–Trinajstić information content (AvgIpc) is 2.54. The molecule has 0 bridgehead atoms. The van der Waals surface area contributed by atoms with Crippen LogP contribution in [0.25, 0.3) is 0 Å². The number of rotatable bonds is 5. The van der Waals surface area contributed by atoms with Gasteiger partial charge in [-0.1, -0.05) is 18.0 Å². The zero-order valence-corrected chi connectivity index (χ0v) is 13.9. The number of piperidine rings is 1. The van der Waals surface area contributed by atoms with Crippen LogP contribution in [0, 0.1) is 0 Å². The van der Waals surface area contributed by atoms with E-state index in [-0.39, 0.29) is 28.2 Å². The van der Waals surface area contributed by atoms with E-state index in [1.165, 1.54) is 29.6 Å². The van der Waals surface area contributed by atoms with Crippen LogP contribution in [0.2, 0.25) is 5.02 Å². The lowest BCUT2D eigenvalue weighted by Crippen LogP contribution is -2.35. The molecule has 122 valence electrons. The summed E-state index contributed by atoms with van der Waals surface area (Å²) in [6, 6.07) is 4.29. The van der Waals surface area contributed by atoms with Crippen molar-refractivity contribution in [2.75, 3.05) is 26.7 Å². The summed E-state index contributed by atoms with van der Waals surface area (Å²) in [4.78, 5) is 11.3. The van der Waals surface area contributed by atoms with Gasteiger partial charge in [0.05, 0.1) is 9.92 Å². The molecular formula is C14H19ClN2O4S. The first-order chi connectivity index (χ1) is 10.4. The third-order valence-electron chi connectivity index (χ3n) is 3.49. The van der Waals surface area contributed by atoms with Gasteiger partial charge in [0, 0.05) is 20.1 Å². The zero-order chi connectivity index (χ0) is 16.2. The highest BCUT2D eigenvalue weighted by molar-refractivity contribution is 7.89. The maximum absolute atomic E-state index is 12.5. The summed E-state index contributed by atoms with van der Waals surface area (Å²) in [7, 11) is -2.02. The van der Waals surface area contributed by atoms with E-state index < -0.39 is 10.0 Å². The number of hydrogen-bond acceptors (Lipinski definition) is 4. The third-order valence-corrected chi connectivity index (χ3v) is 5.68. The molecule has 0 spiro atoms. The first kappa shape index (κ1) is 17.1. The van der Waals surface area contributed by atoms with Crippen molar-refractivity contribution in [1.29, 1.82) is 0 Å². The molecule has 0 aromatic heterocycles. The van der Waals surface area contributed by atoms with Gasteiger partial charge in [0.15, 0.2) is 6.61 Å². The van der Waals surface area contributed by atoms with Crippen molar-refractivity contribution in [2.24, 2.45) is 0 Å². The van der Waals surface area contributed by atoms with Gasteiger partial charge in [-0.05, 0) is 31.0 Å². The second-order valence-electron chi connectivity index (χ2n) is 5.02. The minimum atomic E-state index is -3.52. The quantitative estimate of drug-likeness (QED) is 0.879. The molecule has 0 aliphatic carbocycles. The number of nitrogens with zero attached hydrogens (tertiary/aromatic N) is 1. The third kappa shape index (κ3) is 3.91. The van der Waals surface area contributed by atoms with E-state index in [4.69, 9.17) is 16.3 Å². The predicted octanol–water partition coefficient (Wildman–Crippen LogP) is 1.64. The van der Waals surface area contributed by atoms with Crippen LogP contribution in [0.3, 0.4) is 0 Å². The largest absolute Gasteiger partial charge is 0.482 e. The van der Waals surface area contributed by atoms with Crippen LogP contribution in [0.4, 0.5) is 0 Å². The average molecular weight is 347 g/mol. The molecule has 1 N–H and O–H groups in total. The molecule has 1 aromatic carbocycles. The van der Waals surface area contributed by atoms with E-state index in [2.05, 4.69) is 5.32 Å². The highest BCUT2D eigenvalue weighted by atomic mass is 35.5. The highest BCUT2D eigenvalue weighted by Crippen LogP contribution is 2.29. The number of likely N-dealkylation sites (N-methyl/N-ethyl adjacent to an activating group) is 1. The lowest BCUT2D eigenvalue weighted by molar-refractivity contribution is -0.122. The highest BCUT2D eigenvalue weighted by Gasteiger charge is 2.26. The molecule has 0 unspecified atom stereocenters. The van der Waals surface area contributed by atoms with Crippen molar-refractivity contribution in [3.63, 3.8) is 0 Å². The predicted molar refractivity (Wildman–Crippen MR) is 83.6 cm³/mol. The van der Waals surface area contributed by atoms with Crippen molar-refractivity contribution in [3.8, 4) is 5.75 Å². The summed E-state index contributed by atoms with van der Waals surface area (Å²) in [6.07, 6.45) is 2.81. The van der Waals surface area contributed by atoms with Crippen LogP contribution in [0.5, 0.6) is 5.75 Å². The molecular weight excluding hydrogens is 328 g/mol. The topological polar surface area (TPSA) is 75.7 Å². The minimum Gasteiger partial charge on any atom is -0.482 e. The number of ether oxygens (including phenoxy) is 1. The smallest absolute Gasteiger partial charge is 0.257 e. The van der Waals surface area contributed by atoms with Gasteiger partial charge in [-0.25, -0.2) is 8.42 Å². The maximum Gasteiger partial charge on any atom is 0.257 e. The van der Waals surface area contributed by atoms with Crippen molar-refractivity contribution in [3.05, 3.63) is 23.2 Å². The lowest BCUT2D eigenvalue weighted by atomic mass is 10.2. The molecule has 2 rings (SSSR count). The first-order valence-corrected chi connectivity index (χ1v) is 8.90. The fourth-order valence-electron chi connectivity index (χ4n) is 2.23. The summed E-state index contributed by atoms with van der Waals surface area (Å²) in [5, 5.41) is 2.59. The van der Waals surface area contributed by atoms with Crippen LogP contribution in [-0.4, -0.2) is 45.4 Å². The van der Waals surface area contributed by atoms with E-state index >= 15 is 0 Å². The minimum absolute atomic E-state index is 0.145. The van der Waals surface area contributed by atoms with Crippen molar-refractivity contribution in [2.45, 2.75) is 24.2 Å². The molecule has 1 saturated heterocycles.